The fourth-order valence-corrected chi connectivity index (χ4v) is 3.24. The maximum atomic E-state index is 11.0. The number of aromatic carboxylic acids is 1. The first-order chi connectivity index (χ1) is 8.58. The maximum Gasteiger partial charge on any atom is 0.346 e. The van der Waals surface area contributed by atoms with E-state index in [9.17, 15) is 4.79 Å². The molecule has 3 unspecified atom stereocenters. The van der Waals surface area contributed by atoms with E-state index in [1.54, 1.807) is 0 Å². The van der Waals surface area contributed by atoms with Gasteiger partial charge in [-0.1, -0.05) is 13.8 Å². The Bertz CT molecular complexity index is 413. The highest BCUT2D eigenvalue weighted by molar-refractivity contribution is 7.12. The SMILES string of the molecule is CC1CCC(OCc2ccsc2C(=O)O)CC1C. The molecule has 1 aliphatic rings. The summed E-state index contributed by atoms with van der Waals surface area (Å²) in [5.74, 6) is 0.625. The maximum absolute atomic E-state index is 11.0. The molecule has 0 aliphatic heterocycles. The van der Waals surface area contributed by atoms with E-state index in [2.05, 4.69) is 13.8 Å². The predicted octanol–water partition coefficient (Wildman–Crippen LogP) is 3.79. The van der Waals surface area contributed by atoms with Crippen molar-refractivity contribution in [3.8, 4) is 0 Å². The van der Waals surface area contributed by atoms with Crippen LogP contribution in [0.2, 0.25) is 0 Å². The summed E-state index contributed by atoms with van der Waals surface area (Å²) in [6.07, 6.45) is 3.69. The lowest BCUT2D eigenvalue weighted by atomic mass is 9.80. The van der Waals surface area contributed by atoms with Crippen molar-refractivity contribution in [3.05, 3.63) is 21.9 Å². The van der Waals surface area contributed by atoms with Crippen molar-refractivity contribution in [3.63, 3.8) is 0 Å². The minimum absolute atomic E-state index is 0.290. The van der Waals surface area contributed by atoms with Crippen LogP contribution in [0.15, 0.2) is 11.4 Å². The minimum atomic E-state index is -0.853. The van der Waals surface area contributed by atoms with Crippen LogP contribution in [-0.4, -0.2) is 17.2 Å². The van der Waals surface area contributed by atoms with Crippen LogP contribution >= 0.6 is 11.3 Å². The van der Waals surface area contributed by atoms with E-state index >= 15 is 0 Å². The Labute approximate surface area is 112 Å². The number of carbonyl (C=O) groups is 1. The van der Waals surface area contributed by atoms with Gasteiger partial charge in [0.15, 0.2) is 0 Å². The summed E-state index contributed by atoms with van der Waals surface area (Å²) in [5.41, 5.74) is 0.804. The Kier molecular flexibility index (Phi) is 4.40. The zero-order valence-corrected chi connectivity index (χ0v) is 11.7. The number of carboxylic acids is 1. The summed E-state index contributed by atoms with van der Waals surface area (Å²) in [6.45, 7) is 4.99. The molecule has 2 rings (SSSR count). The Hall–Kier alpha value is -0.870. The quantitative estimate of drug-likeness (QED) is 0.903. The Morgan fingerprint density at radius 1 is 1.44 bits per heavy atom. The third-order valence-electron chi connectivity index (χ3n) is 3.97. The van der Waals surface area contributed by atoms with Crippen LogP contribution in [-0.2, 0) is 11.3 Å². The molecule has 1 saturated carbocycles. The third kappa shape index (κ3) is 3.12. The molecule has 1 N–H and O–H groups in total. The molecule has 0 amide bonds. The minimum Gasteiger partial charge on any atom is -0.477 e. The van der Waals surface area contributed by atoms with Crippen molar-refractivity contribution in [1.82, 2.24) is 0 Å². The van der Waals surface area contributed by atoms with Gasteiger partial charge >= 0.3 is 5.97 Å². The molecule has 100 valence electrons. The van der Waals surface area contributed by atoms with E-state index < -0.39 is 5.97 Å². The summed E-state index contributed by atoms with van der Waals surface area (Å²) in [4.78, 5) is 11.4. The van der Waals surface area contributed by atoms with Crippen LogP contribution in [0.5, 0.6) is 0 Å². The zero-order chi connectivity index (χ0) is 13.1. The molecule has 1 aliphatic carbocycles. The molecule has 1 fully saturated rings. The van der Waals surface area contributed by atoms with Gasteiger partial charge in [0.1, 0.15) is 4.88 Å². The van der Waals surface area contributed by atoms with Gasteiger partial charge in [0.2, 0.25) is 0 Å². The van der Waals surface area contributed by atoms with Gasteiger partial charge in [-0.25, -0.2) is 4.79 Å². The average Bonchev–Trinajstić information content (AvgIpc) is 2.79. The van der Waals surface area contributed by atoms with E-state index in [1.165, 1.54) is 17.8 Å². The lowest BCUT2D eigenvalue weighted by molar-refractivity contribution is -0.00769. The smallest absolute Gasteiger partial charge is 0.346 e. The van der Waals surface area contributed by atoms with Gasteiger partial charge in [0.25, 0.3) is 0 Å². The van der Waals surface area contributed by atoms with Crippen molar-refractivity contribution in [2.24, 2.45) is 11.8 Å². The van der Waals surface area contributed by atoms with Gasteiger partial charge in [-0.05, 0) is 42.5 Å². The summed E-state index contributed by atoms with van der Waals surface area (Å²) < 4.78 is 5.88. The molecule has 0 radical (unpaired) electrons. The van der Waals surface area contributed by atoms with E-state index in [0.717, 1.165) is 24.3 Å². The van der Waals surface area contributed by atoms with Crippen LogP contribution in [0.4, 0.5) is 0 Å². The molecular weight excluding hydrogens is 248 g/mol. The average molecular weight is 268 g/mol. The van der Waals surface area contributed by atoms with Gasteiger partial charge in [-0.3, -0.25) is 0 Å². The molecule has 1 heterocycles. The Balaban J connectivity index is 1.88. The van der Waals surface area contributed by atoms with Gasteiger partial charge < -0.3 is 9.84 Å². The summed E-state index contributed by atoms with van der Waals surface area (Å²) in [5, 5.41) is 10.8. The summed E-state index contributed by atoms with van der Waals surface area (Å²) in [6, 6.07) is 1.85. The normalized spacial score (nSPS) is 28.2. The highest BCUT2D eigenvalue weighted by Gasteiger charge is 2.25. The van der Waals surface area contributed by atoms with E-state index in [0.29, 0.717) is 17.4 Å². The standard InChI is InChI=1S/C14H20O3S/c1-9-3-4-12(7-10(9)2)17-8-11-5-6-18-13(11)14(15)16/h5-6,9-10,12H,3-4,7-8H2,1-2H3,(H,15,16). The fourth-order valence-electron chi connectivity index (χ4n) is 2.49. The molecule has 18 heavy (non-hydrogen) atoms. The second-order valence-corrected chi connectivity index (χ2v) is 6.20. The number of carboxylic acid groups (broad SMARTS) is 1. The molecule has 3 nitrogen and oxygen atoms in total. The molecule has 1 aromatic heterocycles. The Morgan fingerprint density at radius 3 is 2.89 bits per heavy atom. The first-order valence-corrected chi connectivity index (χ1v) is 7.37. The van der Waals surface area contributed by atoms with Crippen molar-refractivity contribution >= 4 is 17.3 Å². The van der Waals surface area contributed by atoms with Crippen molar-refractivity contribution in [1.29, 1.82) is 0 Å². The number of hydrogen-bond acceptors (Lipinski definition) is 3. The largest absolute Gasteiger partial charge is 0.477 e. The van der Waals surface area contributed by atoms with Crippen LogP contribution in [0.25, 0.3) is 0 Å². The van der Waals surface area contributed by atoms with Gasteiger partial charge in [0, 0.05) is 5.56 Å². The number of hydrogen-bond donors (Lipinski definition) is 1. The first-order valence-electron chi connectivity index (χ1n) is 6.49. The second kappa shape index (κ2) is 5.85. The molecule has 3 atom stereocenters. The topological polar surface area (TPSA) is 46.5 Å². The van der Waals surface area contributed by atoms with Gasteiger partial charge in [0.05, 0.1) is 12.7 Å². The highest BCUT2D eigenvalue weighted by atomic mass is 32.1. The van der Waals surface area contributed by atoms with Crippen LogP contribution < -0.4 is 0 Å². The van der Waals surface area contributed by atoms with E-state index in [4.69, 9.17) is 9.84 Å². The van der Waals surface area contributed by atoms with Crippen LogP contribution in [0.1, 0.15) is 48.3 Å². The van der Waals surface area contributed by atoms with E-state index in [-0.39, 0.29) is 6.10 Å². The molecule has 1 aromatic rings. The molecular formula is C14H20O3S. The number of rotatable bonds is 4. The fraction of sp³-hybridized carbons (Fsp3) is 0.643. The van der Waals surface area contributed by atoms with Crippen LogP contribution in [0, 0.1) is 11.8 Å². The first kappa shape index (κ1) is 13.6. The Morgan fingerprint density at radius 2 is 2.22 bits per heavy atom. The summed E-state index contributed by atoms with van der Waals surface area (Å²) >= 11 is 1.27. The molecule has 0 spiro atoms. The molecule has 0 saturated heterocycles. The lowest BCUT2D eigenvalue weighted by Gasteiger charge is -2.31. The number of ether oxygens (including phenoxy) is 1. The van der Waals surface area contributed by atoms with E-state index in [1.807, 2.05) is 11.4 Å². The highest BCUT2D eigenvalue weighted by Crippen LogP contribution is 2.31. The molecule has 0 bridgehead atoms. The van der Waals surface area contributed by atoms with Gasteiger partial charge in [-0.15, -0.1) is 11.3 Å². The monoisotopic (exact) mass is 268 g/mol. The predicted molar refractivity (Wildman–Crippen MR) is 72.0 cm³/mol. The zero-order valence-electron chi connectivity index (χ0n) is 10.9. The number of thiophene rings is 1. The van der Waals surface area contributed by atoms with Gasteiger partial charge in [-0.2, -0.15) is 0 Å². The van der Waals surface area contributed by atoms with Crippen LogP contribution in [0.3, 0.4) is 0 Å². The van der Waals surface area contributed by atoms with Crippen molar-refractivity contribution in [2.45, 2.75) is 45.8 Å². The third-order valence-corrected chi connectivity index (χ3v) is 4.91. The lowest BCUT2D eigenvalue weighted by Crippen LogP contribution is -2.26. The molecule has 4 heteroatoms. The summed E-state index contributed by atoms with van der Waals surface area (Å²) in [7, 11) is 0. The van der Waals surface area contributed by atoms with Crippen molar-refractivity contribution < 1.29 is 14.6 Å². The second-order valence-electron chi connectivity index (χ2n) is 5.28. The van der Waals surface area contributed by atoms with Crippen molar-refractivity contribution in [2.75, 3.05) is 0 Å². The molecule has 0 aromatic carbocycles.